The molecule has 174 valence electrons. The van der Waals surface area contributed by atoms with Gasteiger partial charge in [0.05, 0.1) is 5.56 Å². The highest BCUT2D eigenvalue weighted by atomic mass is 19.4. The van der Waals surface area contributed by atoms with Crippen molar-refractivity contribution in [2.24, 2.45) is 15.8 Å². The second-order valence-electron chi connectivity index (χ2n) is 6.00. The van der Waals surface area contributed by atoms with Gasteiger partial charge in [0.1, 0.15) is 12.4 Å². The third kappa shape index (κ3) is 8.77. The summed E-state index contributed by atoms with van der Waals surface area (Å²) in [7, 11) is 0. The van der Waals surface area contributed by atoms with E-state index in [0.717, 1.165) is 16.8 Å². The smallest absolute Gasteiger partial charge is 0.416 e. The lowest BCUT2D eigenvalue weighted by Crippen LogP contribution is -2.35. The average Bonchev–Trinajstić information content (AvgIpc) is 2.69. The van der Waals surface area contributed by atoms with E-state index in [4.69, 9.17) is 30.6 Å². The molecule has 0 amide bonds. The minimum Gasteiger partial charge on any atom is -0.489 e. The summed E-state index contributed by atoms with van der Waals surface area (Å²) in [6.07, 6.45) is -4.45. The van der Waals surface area contributed by atoms with E-state index in [1.165, 1.54) is 24.3 Å². The van der Waals surface area contributed by atoms with Gasteiger partial charge in [0.2, 0.25) is 0 Å². The number of hydrogen-bond donors (Lipinski definition) is 2. The van der Waals surface area contributed by atoms with Crippen LogP contribution in [0.1, 0.15) is 23.6 Å². The number of rotatable bonds is 7. The zero-order valence-electron chi connectivity index (χ0n) is 17.2. The lowest BCUT2D eigenvalue weighted by molar-refractivity contribution is -0.742. The molecule has 3 N–H and O–H groups in total. The van der Waals surface area contributed by atoms with Crippen LogP contribution in [0.15, 0.2) is 52.6 Å². The standard InChI is InChI=1S/C19H21F3N4O2.HNO3/c1-4-25-18(23)26(24-3)28-16-10-13(2)9-15(11-16)27-12-14-7-5-6-8-17(14)19(20,21)22;2-1(3)4/h5-11H,3-4,12H2,1-2H3,(H2,23,25);(H,2,3,4). The Morgan fingerprint density at radius 2 is 1.88 bits per heavy atom. The summed E-state index contributed by atoms with van der Waals surface area (Å²) in [5.74, 6) is 0.670. The number of hydrazone groups is 1. The van der Waals surface area contributed by atoms with Gasteiger partial charge in [0.15, 0.2) is 5.75 Å². The summed E-state index contributed by atoms with van der Waals surface area (Å²) in [5, 5.41) is 18.2. The van der Waals surface area contributed by atoms with Gasteiger partial charge in [0.25, 0.3) is 11.0 Å². The van der Waals surface area contributed by atoms with Crippen molar-refractivity contribution in [2.45, 2.75) is 26.6 Å². The van der Waals surface area contributed by atoms with Gasteiger partial charge in [-0.25, -0.2) is 4.99 Å². The Labute approximate surface area is 181 Å². The lowest BCUT2D eigenvalue weighted by atomic mass is 10.1. The third-order valence-corrected chi connectivity index (χ3v) is 3.58. The van der Waals surface area contributed by atoms with Crippen LogP contribution < -0.4 is 15.3 Å². The molecule has 0 heterocycles. The van der Waals surface area contributed by atoms with Crippen molar-refractivity contribution in [3.8, 4) is 11.5 Å². The minimum atomic E-state index is -4.45. The van der Waals surface area contributed by atoms with Crippen molar-refractivity contribution in [3.05, 3.63) is 69.3 Å². The van der Waals surface area contributed by atoms with Crippen molar-refractivity contribution in [1.29, 1.82) is 0 Å². The molecule has 0 aliphatic heterocycles. The highest BCUT2D eigenvalue weighted by Crippen LogP contribution is 2.32. The van der Waals surface area contributed by atoms with Crippen molar-refractivity contribution >= 4 is 12.7 Å². The number of nitrogens with zero attached hydrogens (tertiary/aromatic N) is 4. The number of guanidine groups is 1. The molecule has 0 spiro atoms. The molecule has 0 aromatic heterocycles. The van der Waals surface area contributed by atoms with Crippen molar-refractivity contribution in [2.75, 3.05) is 6.54 Å². The predicted octanol–water partition coefficient (Wildman–Crippen LogP) is 3.79. The van der Waals surface area contributed by atoms with E-state index >= 15 is 0 Å². The molecular formula is C19H22F3N5O5. The maximum absolute atomic E-state index is 13.1. The highest BCUT2D eigenvalue weighted by molar-refractivity contribution is 5.77. The van der Waals surface area contributed by atoms with Crippen LogP contribution in [0, 0.1) is 17.0 Å². The molecule has 2 aromatic rings. The van der Waals surface area contributed by atoms with Crippen molar-refractivity contribution in [3.63, 3.8) is 0 Å². The molecule has 0 aliphatic rings. The molecule has 0 bridgehead atoms. The van der Waals surface area contributed by atoms with Gasteiger partial charge in [-0.15, -0.1) is 15.2 Å². The van der Waals surface area contributed by atoms with Gasteiger partial charge in [-0.05, 0) is 37.6 Å². The van der Waals surface area contributed by atoms with E-state index in [2.05, 4.69) is 16.8 Å². The third-order valence-electron chi connectivity index (χ3n) is 3.58. The van der Waals surface area contributed by atoms with Crippen LogP contribution in [-0.2, 0) is 12.8 Å². The van der Waals surface area contributed by atoms with Crippen LogP contribution in [0.5, 0.6) is 11.5 Å². The summed E-state index contributed by atoms with van der Waals surface area (Å²) in [6, 6.07) is 10.1. The molecule has 2 rings (SSSR count). The maximum atomic E-state index is 13.1. The fourth-order valence-electron chi connectivity index (χ4n) is 2.40. The van der Waals surface area contributed by atoms with Crippen LogP contribution in [0.25, 0.3) is 0 Å². The Morgan fingerprint density at radius 1 is 1.28 bits per heavy atom. The number of nitrogens with two attached hydrogens (primary N) is 1. The first-order valence-electron chi connectivity index (χ1n) is 8.95. The van der Waals surface area contributed by atoms with Gasteiger partial charge in [0, 0.05) is 24.9 Å². The van der Waals surface area contributed by atoms with Crippen molar-refractivity contribution in [1.82, 2.24) is 5.17 Å². The molecule has 32 heavy (non-hydrogen) atoms. The van der Waals surface area contributed by atoms with E-state index in [1.807, 2.05) is 0 Å². The molecule has 0 atom stereocenters. The molecule has 0 saturated carbocycles. The molecule has 0 fully saturated rings. The fraction of sp³-hybridized carbons (Fsp3) is 0.263. The average molecular weight is 457 g/mol. The maximum Gasteiger partial charge on any atom is 0.416 e. The Morgan fingerprint density at radius 3 is 2.44 bits per heavy atom. The number of aliphatic imine (C=N–C) groups is 1. The van der Waals surface area contributed by atoms with Gasteiger partial charge < -0.3 is 20.5 Å². The van der Waals surface area contributed by atoms with E-state index in [0.29, 0.717) is 18.0 Å². The Bertz CT molecular complexity index is 949. The first kappa shape index (κ1) is 26.0. The summed E-state index contributed by atoms with van der Waals surface area (Å²) < 4.78 is 44.9. The molecule has 0 aliphatic carbocycles. The van der Waals surface area contributed by atoms with Gasteiger partial charge in [-0.1, -0.05) is 23.4 Å². The summed E-state index contributed by atoms with van der Waals surface area (Å²) in [6.45, 7) is 7.14. The zero-order valence-corrected chi connectivity index (χ0v) is 17.2. The first-order chi connectivity index (χ1) is 15.0. The van der Waals surface area contributed by atoms with Crippen LogP contribution in [0.2, 0.25) is 0 Å². The number of ether oxygens (including phenoxy) is 1. The van der Waals surface area contributed by atoms with E-state index < -0.39 is 16.8 Å². The second-order valence-corrected chi connectivity index (χ2v) is 6.00. The quantitative estimate of drug-likeness (QED) is 0.279. The molecule has 0 radical (unpaired) electrons. The largest absolute Gasteiger partial charge is 0.489 e. The Balaban J connectivity index is 0.00000118. The first-order valence-corrected chi connectivity index (χ1v) is 8.95. The number of aryl methyl sites for hydroxylation is 1. The van der Waals surface area contributed by atoms with E-state index in [-0.39, 0.29) is 18.1 Å². The Kier molecular flexibility index (Phi) is 9.73. The minimum absolute atomic E-state index is 0.0144. The van der Waals surface area contributed by atoms with Gasteiger partial charge in [-0.3, -0.25) is 0 Å². The molecule has 2 aromatic carbocycles. The van der Waals surface area contributed by atoms with E-state index in [9.17, 15) is 13.2 Å². The van der Waals surface area contributed by atoms with Gasteiger partial charge >= 0.3 is 6.18 Å². The van der Waals surface area contributed by atoms with Crippen LogP contribution in [0.4, 0.5) is 13.2 Å². The topological polar surface area (TPSA) is 136 Å². The lowest BCUT2D eigenvalue weighted by Gasteiger charge is -2.18. The predicted molar refractivity (Wildman–Crippen MR) is 110 cm³/mol. The van der Waals surface area contributed by atoms with Crippen LogP contribution in [-0.4, -0.2) is 34.7 Å². The van der Waals surface area contributed by atoms with Crippen LogP contribution in [0.3, 0.4) is 0 Å². The number of hydroxylamine groups is 1. The number of benzene rings is 2. The molecule has 10 nitrogen and oxygen atoms in total. The number of hydrogen-bond acceptors (Lipinski definition) is 6. The zero-order chi connectivity index (χ0) is 24.3. The number of alkyl halides is 3. The fourth-order valence-corrected chi connectivity index (χ4v) is 2.40. The highest BCUT2D eigenvalue weighted by Gasteiger charge is 2.33. The summed E-state index contributed by atoms with van der Waals surface area (Å²) in [4.78, 5) is 17.8. The molecule has 13 heteroatoms. The SMILES string of the molecule is C=NN(Oc1cc(C)cc(OCc2ccccc2C(F)(F)F)c1)C(N)=NCC.O=[N+]([O-])O. The molecule has 0 saturated heterocycles. The monoisotopic (exact) mass is 457 g/mol. The van der Waals surface area contributed by atoms with Gasteiger partial charge in [-0.2, -0.15) is 13.2 Å². The Hall–Kier alpha value is -4.03. The van der Waals surface area contributed by atoms with E-state index in [1.54, 1.807) is 26.0 Å². The summed E-state index contributed by atoms with van der Waals surface area (Å²) in [5.41, 5.74) is 5.81. The number of halogens is 3. The second kappa shape index (κ2) is 12.0. The normalized spacial score (nSPS) is 11.1. The summed E-state index contributed by atoms with van der Waals surface area (Å²) >= 11 is 0. The van der Waals surface area contributed by atoms with Crippen LogP contribution >= 0.6 is 0 Å². The van der Waals surface area contributed by atoms with Crippen molar-refractivity contribution < 1.29 is 33.0 Å². The molecule has 0 unspecified atom stereocenters. The molecular weight excluding hydrogens is 435 g/mol.